The minimum absolute atomic E-state index is 0.112. The van der Waals surface area contributed by atoms with E-state index in [1.807, 2.05) is 13.8 Å². The smallest absolute Gasteiger partial charge is 0.0586 e. The highest BCUT2D eigenvalue weighted by Gasteiger charge is 2.16. The van der Waals surface area contributed by atoms with E-state index in [0.29, 0.717) is 0 Å². The first-order valence-electron chi connectivity index (χ1n) is 6.17. The van der Waals surface area contributed by atoms with Crippen LogP contribution in [0, 0.1) is 0 Å². The summed E-state index contributed by atoms with van der Waals surface area (Å²) in [6, 6.07) is 0. The largest absolute Gasteiger partial charge is 0.393 e. The summed E-state index contributed by atoms with van der Waals surface area (Å²) in [4.78, 5) is 0. The van der Waals surface area contributed by atoms with Gasteiger partial charge < -0.3 is 19.7 Å². The van der Waals surface area contributed by atoms with Crippen molar-refractivity contribution in [1.29, 1.82) is 0 Å². The SMILES string of the molecule is CC1CC(O)CCO1.CC1CC(O)CCO1. The lowest BCUT2D eigenvalue weighted by atomic mass is 10.1. The molecule has 2 aliphatic rings. The first-order valence-corrected chi connectivity index (χ1v) is 6.17. The maximum absolute atomic E-state index is 9.00. The van der Waals surface area contributed by atoms with Gasteiger partial charge in [0, 0.05) is 13.2 Å². The van der Waals surface area contributed by atoms with Gasteiger partial charge in [-0.3, -0.25) is 0 Å². The van der Waals surface area contributed by atoms with Crippen LogP contribution in [0.2, 0.25) is 0 Å². The molecule has 0 saturated carbocycles. The molecule has 0 aliphatic carbocycles. The molecule has 0 radical (unpaired) electrons. The Kier molecular flexibility index (Phi) is 6.28. The molecule has 4 atom stereocenters. The minimum Gasteiger partial charge on any atom is -0.393 e. The summed E-state index contributed by atoms with van der Waals surface area (Å²) in [6.07, 6.45) is 3.53. The van der Waals surface area contributed by atoms with E-state index in [1.54, 1.807) is 0 Å². The maximum Gasteiger partial charge on any atom is 0.0586 e. The molecule has 2 fully saturated rings. The van der Waals surface area contributed by atoms with E-state index < -0.39 is 0 Å². The van der Waals surface area contributed by atoms with Crippen molar-refractivity contribution in [2.45, 2.75) is 63.9 Å². The number of aliphatic hydroxyl groups is 2. The van der Waals surface area contributed by atoms with Crippen LogP contribution in [0.1, 0.15) is 39.5 Å². The molecule has 0 amide bonds. The molecule has 0 aromatic heterocycles. The van der Waals surface area contributed by atoms with E-state index in [9.17, 15) is 0 Å². The predicted octanol–water partition coefficient (Wildman–Crippen LogP) is 1.09. The molecule has 0 aromatic carbocycles. The molecule has 16 heavy (non-hydrogen) atoms. The van der Waals surface area contributed by atoms with Crippen molar-refractivity contribution < 1.29 is 19.7 Å². The van der Waals surface area contributed by atoms with E-state index in [-0.39, 0.29) is 24.4 Å². The molecular formula is C12H24O4. The van der Waals surface area contributed by atoms with Gasteiger partial charge in [0.1, 0.15) is 0 Å². The molecule has 2 aliphatic heterocycles. The molecule has 0 bridgehead atoms. The Balaban J connectivity index is 0.000000160. The average Bonchev–Trinajstić information content (AvgIpc) is 2.17. The second-order valence-corrected chi connectivity index (χ2v) is 4.72. The van der Waals surface area contributed by atoms with Gasteiger partial charge in [-0.2, -0.15) is 0 Å². The van der Waals surface area contributed by atoms with Crippen molar-refractivity contribution in [3.05, 3.63) is 0 Å². The lowest BCUT2D eigenvalue weighted by Gasteiger charge is -2.22. The fourth-order valence-electron chi connectivity index (χ4n) is 1.95. The van der Waals surface area contributed by atoms with Crippen LogP contribution in [-0.4, -0.2) is 47.8 Å². The van der Waals surface area contributed by atoms with Gasteiger partial charge in [-0.1, -0.05) is 0 Å². The zero-order valence-electron chi connectivity index (χ0n) is 10.3. The first kappa shape index (κ1) is 13.9. The molecule has 4 nitrogen and oxygen atoms in total. The Morgan fingerprint density at radius 2 is 1.19 bits per heavy atom. The highest BCUT2D eigenvalue weighted by Crippen LogP contribution is 2.12. The average molecular weight is 232 g/mol. The number of aliphatic hydroxyl groups excluding tert-OH is 2. The summed E-state index contributed by atoms with van der Waals surface area (Å²) in [7, 11) is 0. The van der Waals surface area contributed by atoms with Crippen LogP contribution in [0.4, 0.5) is 0 Å². The number of hydrogen-bond acceptors (Lipinski definition) is 4. The molecule has 2 heterocycles. The Hall–Kier alpha value is -0.160. The van der Waals surface area contributed by atoms with E-state index in [4.69, 9.17) is 19.7 Å². The Labute approximate surface area is 97.6 Å². The van der Waals surface area contributed by atoms with Gasteiger partial charge in [0.05, 0.1) is 24.4 Å². The predicted molar refractivity (Wildman–Crippen MR) is 61.3 cm³/mol. The van der Waals surface area contributed by atoms with Gasteiger partial charge in [-0.05, 0) is 39.5 Å². The number of rotatable bonds is 0. The summed E-state index contributed by atoms with van der Waals surface area (Å²) in [6.45, 7) is 5.43. The quantitative estimate of drug-likeness (QED) is 0.656. The van der Waals surface area contributed by atoms with Gasteiger partial charge in [0.25, 0.3) is 0 Å². The Morgan fingerprint density at radius 1 is 0.812 bits per heavy atom. The second-order valence-electron chi connectivity index (χ2n) is 4.72. The molecule has 0 spiro atoms. The van der Waals surface area contributed by atoms with E-state index in [1.165, 1.54) is 0 Å². The monoisotopic (exact) mass is 232 g/mol. The highest BCUT2D eigenvalue weighted by atomic mass is 16.5. The second kappa shape index (κ2) is 7.22. The van der Waals surface area contributed by atoms with Crippen LogP contribution < -0.4 is 0 Å². The van der Waals surface area contributed by atoms with Gasteiger partial charge in [0.2, 0.25) is 0 Å². The van der Waals surface area contributed by atoms with Crippen molar-refractivity contribution in [3.63, 3.8) is 0 Å². The van der Waals surface area contributed by atoms with Gasteiger partial charge in [-0.15, -0.1) is 0 Å². The molecule has 4 heteroatoms. The summed E-state index contributed by atoms with van der Waals surface area (Å²) in [5, 5.41) is 18.0. The van der Waals surface area contributed by atoms with E-state index in [2.05, 4.69) is 0 Å². The van der Waals surface area contributed by atoms with Crippen molar-refractivity contribution in [2.24, 2.45) is 0 Å². The van der Waals surface area contributed by atoms with E-state index >= 15 is 0 Å². The molecule has 2 saturated heterocycles. The third-order valence-corrected chi connectivity index (χ3v) is 2.91. The van der Waals surface area contributed by atoms with Crippen LogP contribution in [-0.2, 0) is 9.47 Å². The summed E-state index contributed by atoms with van der Waals surface area (Å²) in [5.41, 5.74) is 0. The number of hydrogen-bond donors (Lipinski definition) is 2. The van der Waals surface area contributed by atoms with Crippen molar-refractivity contribution >= 4 is 0 Å². The van der Waals surface area contributed by atoms with Crippen molar-refractivity contribution in [2.75, 3.05) is 13.2 Å². The fourth-order valence-corrected chi connectivity index (χ4v) is 1.95. The van der Waals surface area contributed by atoms with Crippen LogP contribution in [0.5, 0.6) is 0 Å². The normalized spacial score (nSPS) is 39.8. The maximum atomic E-state index is 9.00. The van der Waals surface area contributed by atoms with Crippen molar-refractivity contribution in [1.82, 2.24) is 0 Å². The third kappa shape index (κ3) is 5.80. The van der Waals surface area contributed by atoms with Crippen LogP contribution >= 0.6 is 0 Å². The zero-order valence-corrected chi connectivity index (χ0v) is 10.3. The molecule has 4 unspecified atom stereocenters. The van der Waals surface area contributed by atoms with Gasteiger partial charge >= 0.3 is 0 Å². The molecular weight excluding hydrogens is 208 g/mol. The topological polar surface area (TPSA) is 58.9 Å². The number of ether oxygens (including phenoxy) is 2. The lowest BCUT2D eigenvalue weighted by Crippen LogP contribution is -2.26. The van der Waals surface area contributed by atoms with Gasteiger partial charge in [0.15, 0.2) is 0 Å². The zero-order chi connectivity index (χ0) is 12.0. The third-order valence-electron chi connectivity index (χ3n) is 2.91. The first-order chi connectivity index (χ1) is 7.58. The summed E-state index contributed by atoms with van der Waals surface area (Å²) >= 11 is 0. The lowest BCUT2D eigenvalue weighted by molar-refractivity contribution is -0.0344. The Morgan fingerprint density at radius 3 is 1.38 bits per heavy atom. The minimum atomic E-state index is -0.112. The standard InChI is InChI=1S/2C6H12O2/c2*1-5-4-6(7)2-3-8-5/h2*5-7H,2-4H2,1H3. The van der Waals surface area contributed by atoms with E-state index in [0.717, 1.165) is 38.9 Å². The Bertz CT molecular complexity index is 150. The fraction of sp³-hybridized carbons (Fsp3) is 1.00. The summed E-state index contributed by atoms with van der Waals surface area (Å²) < 4.78 is 10.4. The van der Waals surface area contributed by atoms with Crippen LogP contribution in [0.3, 0.4) is 0 Å². The summed E-state index contributed by atoms with van der Waals surface area (Å²) in [5.74, 6) is 0. The highest BCUT2D eigenvalue weighted by molar-refractivity contribution is 4.66. The molecule has 96 valence electrons. The van der Waals surface area contributed by atoms with Crippen LogP contribution in [0.15, 0.2) is 0 Å². The molecule has 2 rings (SSSR count). The molecule has 0 aromatic rings. The molecule has 2 N–H and O–H groups in total. The van der Waals surface area contributed by atoms with Gasteiger partial charge in [-0.25, -0.2) is 0 Å². The van der Waals surface area contributed by atoms with Crippen molar-refractivity contribution in [3.8, 4) is 0 Å². The van der Waals surface area contributed by atoms with Crippen LogP contribution in [0.25, 0.3) is 0 Å².